The molecule has 3 N–H and O–H groups in total. The zero-order valence-electron chi connectivity index (χ0n) is 15.3. The third-order valence-corrected chi connectivity index (χ3v) is 4.54. The Morgan fingerprint density at radius 3 is 2.57 bits per heavy atom. The molecule has 0 saturated carbocycles. The zero-order chi connectivity index (χ0) is 20.1. The summed E-state index contributed by atoms with van der Waals surface area (Å²) in [4.78, 5) is 37.3. The second-order valence-corrected chi connectivity index (χ2v) is 6.33. The molecule has 1 saturated heterocycles. The third-order valence-electron chi connectivity index (χ3n) is 4.54. The van der Waals surface area contributed by atoms with Gasteiger partial charge in [0.05, 0.1) is 18.4 Å². The topological polar surface area (TPSA) is 108 Å². The predicted octanol–water partition coefficient (Wildman–Crippen LogP) is 2.00. The van der Waals surface area contributed by atoms with Crippen LogP contribution in [0, 0.1) is 0 Å². The van der Waals surface area contributed by atoms with E-state index >= 15 is 0 Å². The molecule has 2 aromatic rings. The molecule has 0 aromatic heterocycles. The Morgan fingerprint density at radius 2 is 1.89 bits per heavy atom. The number of aromatic carboxylic acids is 1. The molecule has 28 heavy (non-hydrogen) atoms. The quantitative estimate of drug-likeness (QED) is 0.707. The first kappa shape index (κ1) is 19.2. The average molecular weight is 383 g/mol. The number of hydrogen-bond donors (Lipinski definition) is 3. The molecular formula is C20H21N3O5. The second kappa shape index (κ2) is 8.43. The minimum absolute atomic E-state index is 0.182. The van der Waals surface area contributed by atoms with Crippen molar-refractivity contribution in [3.63, 3.8) is 0 Å². The van der Waals surface area contributed by atoms with Gasteiger partial charge in [-0.05, 0) is 36.2 Å². The van der Waals surface area contributed by atoms with Crippen molar-refractivity contribution in [2.45, 2.75) is 19.0 Å². The molecule has 0 aliphatic carbocycles. The van der Waals surface area contributed by atoms with Gasteiger partial charge in [-0.15, -0.1) is 0 Å². The molecule has 0 bridgehead atoms. The number of hydrogen-bond acceptors (Lipinski definition) is 4. The number of amides is 3. The van der Waals surface area contributed by atoms with Crippen molar-refractivity contribution in [2.24, 2.45) is 0 Å². The van der Waals surface area contributed by atoms with E-state index in [9.17, 15) is 14.4 Å². The minimum atomic E-state index is -1.00. The van der Waals surface area contributed by atoms with Gasteiger partial charge in [0, 0.05) is 13.1 Å². The van der Waals surface area contributed by atoms with Crippen LogP contribution < -0.4 is 20.3 Å². The molecule has 0 spiro atoms. The van der Waals surface area contributed by atoms with Crippen LogP contribution in [0.3, 0.4) is 0 Å². The van der Waals surface area contributed by atoms with Crippen molar-refractivity contribution in [2.75, 3.05) is 18.6 Å². The maximum absolute atomic E-state index is 12.7. The van der Waals surface area contributed by atoms with E-state index in [1.807, 2.05) is 12.1 Å². The van der Waals surface area contributed by atoms with Crippen LogP contribution in [0.1, 0.15) is 22.3 Å². The van der Waals surface area contributed by atoms with Gasteiger partial charge in [-0.25, -0.2) is 9.59 Å². The number of carbonyl (C=O) groups is 3. The van der Waals surface area contributed by atoms with Crippen LogP contribution in [0.4, 0.5) is 10.5 Å². The molecule has 3 rings (SSSR count). The van der Waals surface area contributed by atoms with Gasteiger partial charge in [-0.2, -0.15) is 0 Å². The predicted molar refractivity (Wildman–Crippen MR) is 103 cm³/mol. The Hall–Kier alpha value is -3.55. The van der Waals surface area contributed by atoms with Crippen LogP contribution in [-0.4, -0.2) is 42.7 Å². The fourth-order valence-corrected chi connectivity index (χ4v) is 3.06. The second-order valence-electron chi connectivity index (χ2n) is 6.33. The molecule has 1 unspecified atom stereocenters. The molecule has 1 atom stereocenters. The number of nitrogens with one attached hydrogen (secondary N) is 2. The maximum Gasteiger partial charge on any atom is 0.335 e. The van der Waals surface area contributed by atoms with Crippen LogP contribution in [0.2, 0.25) is 0 Å². The Morgan fingerprint density at radius 1 is 1.18 bits per heavy atom. The summed E-state index contributed by atoms with van der Waals surface area (Å²) in [6.07, 6.45) is 0.498. The van der Waals surface area contributed by atoms with Gasteiger partial charge >= 0.3 is 12.0 Å². The maximum atomic E-state index is 12.7. The van der Waals surface area contributed by atoms with E-state index in [1.54, 1.807) is 36.3 Å². The number of carboxylic acid groups (broad SMARTS) is 1. The summed E-state index contributed by atoms with van der Waals surface area (Å²) in [7, 11) is 1.55. The van der Waals surface area contributed by atoms with Gasteiger partial charge in [0.15, 0.2) is 0 Å². The summed E-state index contributed by atoms with van der Waals surface area (Å²) in [6.45, 7) is 0.712. The third kappa shape index (κ3) is 4.22. The number of methoxy groups -OCH3 is 1. The van der Waals surface area contributed by atoms with Crippen LogP contribution >= 0.6 is 0 Å². The first-order valence-electron chi connectivity index (χ1n) is 8.80. The Bertz CT molecular complexity index is 882. The van der Waals surface area contributed by atoms with Crippen molar-refractivity contribution in [3.05, 3.63) is 59.7 Å². The SMILES string of the molecule is COc1ccccc1N1CCC(NC(=O)NCc2ccc(C(=O)O)cc2)C1=O. The highest BCUT2D eigenvalue weighted by atomic mass is 16.5. The number of rotatable bonds is 6. The van der Waals surface area contributed by atoms with Crippen molar-refractivity contribution in [1.29, 1.82) is 0 Å². The van der Waals surface area contributed by atoms with Crippen molar-refractivity contribution < 1.29 is 24.2 Å². The fraction of sp³-hybridized carbons (Fsp3) is 0.250. The lowest BCUT2D eigenvalue weighted by Gasteiger charge is -2.19. The summed E-state index contributed by atoms with van der Waals surface area (Å²) < 4.78 is 5.30. The molecule has 1 heterocycles. The highest BCUT2D eigenvalue weighted by molar-refractivity contribution is 6.02. The van der Waals surface area contributed by atoms with Crippen molar-refractivity contribution >= 4 is 23.6 Å². The number of para-hydroxylation sites is 2. The summed E-state index contributed by atoms with van der Waals surface area (Å²) in [5.74, 6) is -0.590. The number of nitrogens with zero attached hydrogens (tertiary/aromatic N) is 1. The van der Waals surface area contributed by atoms with Gasteiger partial charge < -0.3 is 25.4 Å². The lowest BCUT2D eigenvalue weighted by Crippen LogP contribution is -2.46. The molecule has 1 aliphatic rings. The first-order valence-corrected chi connectivity index (χ1v) is 8.80. The number of benzene rings is 2. The number of carbonyl (C=O) groups excluding carboxylic acids is 2. The van der Waals surface area contributed by atoms with Crippen molar-refractivity contribution in [1.82, 2.24) is 10.6 Å². The van der Waals surface area contributed by atoms with E-state index in [-0.39, 0.29) is 18.0 Å². The number of anilines is 1. The monoisotopic (exact) mass is 383 g/mol. The lowest BCUT2D eigenvalue weighted by atomic mass is 10.1. The van der Waals surface area contributed by atoms with Gasteiger partial charge in [0.2, 0.25) is 5.91 Å². The van der Waals surface area contributed by atoms with Gasteiger partial charge in [0.25, 0.3) is 0 Å². The summed E-state index contributed by atoms with van der Waals surface area (Å²) >= 11 is 0. The average Bonchev–Trinajstić information content (AvgIpc) is 3.06. The minimum Gasteiger partial charge on any atom is -0.495 e. The molecule has 8 heteroatoms. The van der Waals surface area contributed by atoms with Crippen LogP contribution in [-0.2, 0) is 11.3 Å². The Balaban J connectivity index is 1.55. The largest absolute Gasteiger partial charge is 0.495 e. The lowest BCUT2D eigenvalue weighted by molar-refractivity contribution is -0.118. The van der Waals surface area contributed by atoms with E-state index in [0.29, 0.717) is 24.4 Å². The van der Waals surface area contributed by atoms with Crippen LogP contribution in [0.15, 0.2) is 48.5 Å². The first-order chi connectivity index (χ1) is 13.5. The Labute approximate surface area is 162 Å². The molecule has 1 fully saturated rings. The van der Waals surface area contributed by atoms with E-state index in [4.69, 9.17) is 9.84 Å². The number of carboxylic acids is 1. The van der Waals surface area contributed by atoms with Crippen LogP contribution in [0.25, 0.3) is 0 Å². The Kier molecular flexibility index (Phi) is 5.78. The van der Waals surface area contributed by atoms with Gasteiger partial charge in [-0.3, -0.25) is 4.79 Å². The van der Waals surface area contributed by atoms with E-state index < -0.39 is 18.0 Å². The number of urea groups is 1. The van der Waals surface area contributed by atoms with Gasteiger partial charge in [-0.1, -0.05) is 24.3 Å². The summed E-state index contributed by atoms with van der Waals surface area (Å²) in [5, 5.41) is 14.3. The summed E-state index contributed by atoms with van der Waals surface area (Å²) in [6, 6.07) is 12.4. The molecule has 1 aliphatic heterocycles. The molecular weight excluding hydrogens is 362 g/mol. The number of ether oxygens (including phenoxy) is 1. The molecule has 8 nitrogen and oxygen atoms in total. The molecule has 0 radical (unpaired) electrons. The molecule has 2 aromatic carbocycles. The van der Waals surface area contributed by atoms with E-state index in [1.165, 1.54) is 12.1 Å². The normalized spacial score (nSPS) is 16.0. The summed E-state index contributed by atoms with van der Waals surface area (Å²) in [5.41, 5.74) is 1.62. The zero-order valence-corrected chi connectivity index (χ0v) is 15.3. The van der Waals surface area contributed by atoms with Gasteiger partial charge in [0.1, 0.15) is 11.8 Å². The smallest absolute Gasteiger partial charge is 0.335 e. The molecule has 146 valence electrons. The standard InChI is InChI=1S/C20H21N3O5/c1-28-17-5-3-2-4-16(17)23-11-10-15(18(23)24)22-20(27)21-12-13-6-8-14(9-7-13)19(25)26/h2-9,15H,10-12H2,1H3,(H,25,26)(H2,21,22,27). The fourth-order valence-electron chi connectivity index (χ4n) is 3.06. The molecule has 3 amide bonds. The van der Waals surface area contributed by atoms with E-state index in [2.05, 4.69) is 10.6 Å². The highest BCUT2D eigenvalue weighted by Gasteiger charge is 2.34. The van der Waals surface area contributed by atoms with E-state index in [0.717, 1.165) is 5.56 Å². The van der Waals surface area contributed by atoms with Crippen LogP contribution in [0.5, 0.6) is 5.75 Å². The van der Waals surface area contributed by atoms with Crippen molar-refractivity contribution in [3.8, 4) is 5.75 Å². The highest BCUT2D eigenvalue weighted by Crippen LogP contribution is 2.30.